The third-order valence-electron chi connectivity index (χ3n) is 3.14. The molecule has 0 spiro atoms. The quantitative estimate of drug-likeness (QED) is 0.878. The highest BCUT2D eigenvalue weighted by Gasteiger charge is 2.29. The molecule has 2 aromatic rings. The smallest absolute Gasteiger partial charge is 0.341 e. The van der Waals surface area contributed by atoms with E-state index < -0.39 is 12.6 Å². The second-order valence-corrected chi connectivity index (χ2v) is 4.62. The number of aromatic nitrogens is 2. The van der Waals surface area contributed by atoms with Gasteiger partial charge in [-0.05, 0) is 24.6 Å². The number of imidazole rings is 1. The lowest BCUT2D eigenvalue weighted by Crippen LogP contribution is -2.18. The summed E-state index contributed by atoms with van der Waals surface area (Å²) < 4.78 is 38.9. The van der Waals surface area contributed by atoms with Gasteiger partial charge in [0.15, 0.2) is 5.69 Å². The van der Waals surface area contributed by atoms with Gasteiger partial charge in [0.2, 0.25) is 0 Å². The first kappa shape index (κ1) is 13.3. The van der Waals surface area contributed by atoms with Crippen molar-refractivity contribution < 1.29 is 18.0 Å². The van der Waals surface area contributed by atoms with E-state index in [2.05, 4.69) is 10.5 Å². The van der Waals surface area contributed by atoms with E-state index in [9.17, 15) is 13.2 Å². The normalized spacial score (nSPS) is 12.7. The molecular formula is C13H9F3N4O. The van der Waals surface area contributed by atoms with Crippen LogP contribution in [0.4, 0.5) is 18.9 Å². The van der Waals surface area contributed by atoms with Gasteiger partial charge in [0.1, 0.15) is 6.07 Å². The number of nitrogens with one attached hydrogen (secondary N) is 1. The highest BCUT2D eigenvalue weighted by molar-refractivity contribution is 5.65. The number of halogens is 3. The first-order valence-electron chi connectivity index (χ1n) is 6.01. The number of rotatable bonds is 1. The van der Waals surface area contributed by atoms with Crippen LogP contribution in [0.25, 0.3) is 5.69 Å². The summed E-state index contributed by atoms with van der Waals surface area (Å²) in [6.07, 6.45) is -5.28. The number of nitriles is 1. The molecule has 0 atom stereocenters. The Morgan fingerprint density at radius 3 is 2.86 bits per heavy atom. The topological polar surface area (TPSA) is 62.9 Å². The zero-order chi connectivity index (χ0) is 15.2. The Kier molecular flexibility index (Phi) is 2.79. The minimum Gasteiger partial charge on any atom is -0.341 e. The standard InChI is InChI=1S/C13H9F3N4O/c1-7-10(6-17)18-12-20(7)11-3-2-8(5-13(14,15)16)4-9(11)19-21-12/h2-4,19H,5H2,1H3. The third-order valence-corrected chi connectivity index (χ3v) is 3.14. The molecule has 0 unspecified atom stereocenters. The van der Waals surface area contributed by atoms with E-state index in [0.717, 1.165) is 0 Å². The third kappa shape index (κ3) is 2.27. The average molecular weight is 294 g/mol. The van der Waals surface area contributed by atoms with E-state index in [1.54, 1.807) is 17.6 Å². The molecule has 1 aliphatic heterocycles. The number of benzene rings is 1. The van der Waals surface area contributed by atoms with Crippen LogP contribution in [0.15, 0.2) is 18.2 Å². The fourth-order valence-electron chi connectivity index (χ4n) is 2.24. The van der Waals surface area contributed by atoms with Gasteiger partial charge in [0.05, 0.1) is 23.5 Å². The van der Waals surface area contributed by atoms with Crippen molar-refractivity contribution in [2.45, 2.75) is 19.5 Å². The second kappa shape index (κ2) is 4.41. The van der Waals surface area contributed by atoms with Gasteiger partial charge in [-0.15, -0.1) is 0 Å². The first-order chi connectivity index (χ1) is 9.89. The van der Waals surface area contributed by atoms with E-state index >= 15 is 0 Å². The summed E-state index contributed by atoms with van der Waals surface area (Å²) >= 11 is 0. The lowest BCUT2D eigenvalue weighted by molar-refractivity contribution is -0.127. The van der Waals surface area contributed by atoms with Crippen LogP contribution in [0, 0.1) is 18.3 Å². The van der Waals surface area contributed by atoms with E-state index in [1.807, 2.05) is 6.07 Å². The minimum absolute atomic E-state index is 0.124. The molecule has 0 bridgehead atoms. The number of fused-ring (bicyclic) bond motifs is 3. The van der Waals surface area contributed by atoms with Crippen molar-refractivity contribution in [3.05, 3.63) is 35.2 Å². The van der Waals surface area contributed by atoms with E-state index in [0.29, 0.717) is 17.1 Å². The maximum absolute atomic E-state index is 12.4. The van der Waals surface area contributed by atoms with Crippen LogP contribution in [0.5, 0.6) is 6.01 Å². The predicted octanol–water partition coefficient (Wildman–Crippen LogP) is 2.88. The first-order valence-corrected chi connectivity index (χ1v) is 6.01. The van der Waals surface area contributed by atoms with Crippen molar-refractivity contribution in [1.82, 2.24) is 9.55 Å². The molecule has 1 aromatic heterocycles. The second-order valence-electron chi connectivity index (χ2n) is 4.62. The van der Waals surface area contributed by atoms with Gasteiger partial charge in [-0.25, -0.2) is 5.48 Å². The minimum atomic E-state index is -4.27. The highest BCUT2D eigenvalue weighted by Crippen LogP contribution is 2.34. The van der Waals surface area contributed by atoms with Gasteiger partial charge >= 0.3 is 12.2 Å². The van der Waals surface area contributed by atoms with Crippen LogP contribution in [-0.4, -0.2) is 15.7 Å². The summed E-state index contributed by atoms with van der Waals surface area (Å²) in [5, 5.41) is 8.96. The number of hydrogen-bond acceptors (Lipinski definition) is 4. The molecule has 5 nitrogen and oxygen atoms in total. The lowest BCUT2D eigenvalue weighted by Gasteiger charge is -2.21. The summed E-state index contributed by atoms with van der Waals surface area (Å²) in [5.74, 6) is 0. The lowest BCUT2D eigenvalue weighted by atomic mass is 10.1. The number of anilines is 1. The molecule has 0 saturated heterocycles. The number of nitrogens with zero attached hydrogens (tertiary/aromatic N) is 3. The molecule has 108 valence electrons. The molecule has 1 N–H and O–H groups in total. The van der Waals surface area contributed by atoms with Crippen molar-refractivity contribution in [2.75, 3.05) is 5.48 Å². The van der Waals surface area contributed by atoms with E-state index in [4.69, 9.17) is 10.1 Å². The molecule has 0 saturated carbocycles. The van der Waals surface area contributed by atoms with Crippen LogP contribution in [0.2, 0.25) is 0 Å². The van der Waals surface area contributed by atoms with Crippen molar-refractivity contribution in [3.8, 4) is 17.8 Å². The fraction of sp³-hybridized carbons (Fsp3) is 0.231. The van der Waals surface area contributed by atoms with Crippen LogP contribution in [0.3, 0.4) is 0 Å². The summed E-state index contributed by atoms with van der Waals surface area (Å²) in [6, 6.07) is 6.43. The average Bonchev–Trinajstić information content (AvgIpc) is 2.73. The zero-order valence-corrected chi connectivity index (χ0v) is 10.8. The maximum Gasteiger partial charge on any atom is 0.393 e. The predicted molar refractivity (Wildman–Crippen MR) is 67.0 cm³/mol. The Balaban J connectivity index is 2.07. The highest BCUT2D eigenvalue weighted by atomic mass is 19.4. The summed E-state index contributed by atoms with van der Waals surface area (Å²) in [5.41, 5.74) is 4.44. The molecule has 0 amide bonds. The molecule has 8 heteroatoms. The van der Waals surface area contributed by atoms with Crippen LogP contribution < -0.4 is 10.3 Å². The number of hydrogen-bond donors (Lipinski definition) is 1. The molecule has 2 heterocycles. The Hall–Kier alpha value is -2.69. The SMILES string of the molecule is Cc1c(C#N)nc2n1-c1ccc(CC(F)(F)F)cc1NO2. The van der Waals surface area contributed by atoms with Gasteiger partial charge in [-0.1, -0.05) is 6.07 Å². The van der Waals surface area contributed by atoms with E-state index in [1.165, 1.54) is 12.1 Å². The molecular weight excluding hydrogens is 285 g/mol. The molecule has 0 fully saturated rings. The van der Waals surface area contributed by atoms with Crippen molar-refractivity contribution in [3.63, 3.8) is 0 Å². The molecule has 1 aliphatic rings. The number of alkyl halides is 3. The van der Waals surface area contributed by atoms with Gasteiger partial charge in [0.25, 0.3) is 0 Å². The van der Waals surface area contributed by atoms with Gasteiger partial charge < -0.3 is 4.84 Å². The summed E-state index contributed by atoms with van der Waals surface area (Å²) in [6.45, 7) is 1.69. The molecule has 0 radical (unpaired) electrons. The molecule has 21 heavy (non-hydrogen) atoms. The molecule has 0 aliphatic carbocycles. The Morgan fingerprint density at radius 2 is 2.19 bits per heavy atom. The maximum atomic E-state index is 12.4. The molecule has 3 rings (SSSR count). The summed E-state index contributed by atoms with van der Waals surface area (Å²) in [4.78, 5) is 9.15. The van der Waals surface area contributed by atoms with Crippen LogP contribution in [-0.2, 0) is 6.42 Å². The Bertz CT molecular complexity index is 758. The van der Waals surface area contributed by atoms with Crippen LogP contribution >= 0.6 is 0 Å². The molecule has 1 aromatic carbocycles. The summed E-state index contributed by atoms with van der Waals surface area (Å²) in [7, 11) is 0. The van der Waals surface area contributed by atoms with E-state index in [-0.39, 0.29) is 17.3 Å². The fourth-order valence-corrected chi connectivity index (χ4v) is 2.24. The van der Waals surface area contributed by atoms with Crippen LogP contribution in [0.1, 0.15) is 17.0 Å². The van der Waals surface area contributed by atoms with Gasteiger partial charge in [-0.3, -0.25) is 4.57 Å². The van der Waals surface area contributed by atoms with Gasteiger partial charge in [0, 0.05) is 0 Å². The Morgan fingerprint density at radius 1 is 1.43 bits per heavy atom. The Labute approximate surface area is 117 Å². The monoisotopic (exact) mass is 294 g/mol. The van der Waals surface area contributed by atoms with Gasteiger partial charge in [-0.2, -0.15) is 23.4 Å². The van der Waals surface area contributed by atoms with Crippen molar-refractivity contribution in [2.24, 2.45) is 0 Å². The van der Waals surface area contributed by atoms with Crippen molar-refractivity contribution in [1.29, 1.82) is 5.26 Å². The zero-order valence-electron chi connectivity index (χ0n) is 10.8. The van der Waals surface area contributed by atoms with Crippen molar-refractivity contribution >= 4 is 5.69 Å². The largest absolute Gasteiger partial charge is 0.393 e.